The van der Waals surface area contributed by atoms with Crippen molar-refractivity contribution in [2.24, 2.45) is 5.73 Å². The normalized spacial score (nSPS) is 15.6. The highest BCUT2D eigenvalue weighted by molar-refractivity contribution is 7.83. The highest BCUT2D eigenvalue weighted by Gasteiger charge is 2.24. The van der Waals surface area contributed by atoms with Crippen molar-refractivity contribution >= 4 is 44.3 Å². The Morgan fingerprint density at radius 2 is 1.83 bits per heavy atom. The van der Waals surface area contributed by atoms with E-state index in [9.17, 15) is 9.00 Å². The Morgan fingerprint density at radius 3 is 2.59 bits per heavy atom. The predicted molar refractivity (Wildman–Crippen MR) is 164 cm³/mol. The van der Waals surface area contributed by atoms with Gasteiger partial charge in [-0.15, -0.1) is 11.3 Å². The van der Waals surface area contributed by atoms with Gasteiger partial charge in [-0.05, 0) is 48.4 Å². The van der Waals surface area contributed by atoms with E-state index >= 15 is 0 Å². The maximum Gasteiger partial charge on any atom is 0.253 e. The van der Waals surface area contributed by atoms with Crippen molar-refractivity contribution in [2.75, 3.05) is 46.4 Å². The molecule has 0 bridgehead atoms. The molecule has 2 unspecified atom stereocenters. The van der Waals surface area contributed by atoms with E-state index < -0.39 is 11.0 Å². The Hall–Kier alpha value is -3.48. The lowest BCUT2D eigenvalue weighted by atomic mass is 10.0. The van der Waals surface area contributed by atoms with Crippen LogP contribution in [0.1, 0.15) is 32.5 Å². The summed E-state index contributed by atoms with van der Waals surface area (Å²) < 4.78 is 23.2. The van der Waals surface area contributed by atoms with Gasteiger partial charge in [-0.3, -0.25) is 15.1 Å². The summed E-state index contributed by atoms with van der Waals surface area (Å²) in [5.74, 6) is -0.0585. The molecule has 0 spiro atoms. The summed E-state index contributed by atoms with van der Waals surface area (Å²) >= 11 is 1.56. The van der Waals surface area contributed by atoms with Gasteiger partial charge in [0.2, 0.25) is 0 Å². The zero-order chi connectivity index (χ0) is 28.8. The van der Waals surface area contributed by atoms with E-state index in [2.05, 4.69) is 9.62 Å². The van der Waals surface area contributed by atoms with Crippen molar-refractivity contribution in [3.05, 3.63) is 94.5 Å². The lowest BCUT2D eigenvalue weighted by Crippen LogP contribution is -2.49. The van der Waals surface area contributed by atoms with Crippen molar-refractivity contribution in [1.82, 2.24) is 19.5 Å². The second-order valence-electron chi connectivity index (χ2n) is 9.93. The lowest BCUT2D eigenvalue weighted by Gasteiger charge is -2.34. The maximum absolute atomic E-state index is 13.7. The molecule has 4 aromatic rings. The molecule has 1 saturated heterocycles. The number of rotatable bonds is 11. The summed E-state index contributed by atoms with van der Waals surface area (Å²) in [6.07, 6.45) is 0.499. The van der Waals surface area contributed by atoms with E-state index in [4.69, 9.17) is 20.9 Å². The first-order valence-electron chi connectivity index (χ1n) is 13.5. The molecule has 2 atom stereocenters. The number of amides is 1. The van der Waals surface area contributed by atoms with Gasteiger partial charge in [0.1, 0.15) is 21.8 Å². The lowest BCUT2D eigenvalue weighted by molar-refractivity contribution is 0.0594. The van der Waals surface area contributed by atoms with Crippen molar-refractivity contribution in [3.63, 3.8) is 0 Å². The number of aromatic nitrogens is 1. The van der Waals surface area contributed by atoms with Crippen LogP contribution in [0.5, 0.6) is 0 Å². The molecule has 2 heterocycles. The van der Waals surface area contributed by atoms with Gasteiger partial charge in [-0.2, -0.15) is 0 Å². The van der Waals surface area contributed by atoms with Crippen LogP contribution in [0, 0.1) is 5.41 Å². The number of hydrogen-bond donors (Lipinski definition) is 3. The number of nitrogens with one attached hydrogen (secondary N) is 2. The summed E-state index contributed by atoms with van der Waals surface area (Å²) in [4.78, 5) is 22.8. The average Bonchev–Trinajstić information content (AvgIpc) is 3.44. The van der Waals surface area contributed by atoms with Crippen molar-refractivity contribution < 1.29 is 13.7 Å². The first-order valence-corrected chi connectivity index (χ1v) is 15.5. The third-order valence-electron chi connectivity index (χ3n) is 7.10. The van der Waals surface area contributed by atoms with E-state index in [1.807, 2.05) is 47.4 Å². The summed E-state index contributed by atoms with van der Waals surface area (Å²) in [6.45, 7) is 4.43. The molecule has 41 heavy (non-hydrogen) atoms. The summed E-state index contributed by atoms with van der Waals surface area (Å²) in [5, 5.41) is 8.62. The molecule has 214 valence electrons. The van der Waals surface area contributed by atoms with Crippen LogP contribution in [0.3, 0.4) is 0 Å². The van der Waals surface area contributed by atoms with Crippen LogP contribution >= 0.6 is 11.3 Å². The summed E-state index contributed by atoms with van der Waals surface area (Å²) in [6, 6.07) is 22.1. The summed E-state index contributed by atoms with van der Waals surface area (Å²) in [5.41, 5.74) is 8.71. The SMILES string of the molecule is COCCN1CCN(C(=O)c2cccc(S(=O)NC(Cc3cccc(C(=N)N)c3)c3nc4ccccc4s3)c2)CC1. The fraction of sp³-hybridized carbons (Fsp3) is 0.300. The van der Waals surface area contributed by atoms with Gasteiger partial charge in [-0.25, -0.2) is 13.9 Å². The number of nitrogens with zero attached hydrogens (tertiary/aromatic N) is 3. The number of ether oxygens (including phenoxy) is 1. The van der Waals surface area contributed by atoms with Crippen LogP contribution in [0.15, 0.2) is 77.7 Å². The molecule has 0 saturated carbocycles. The van der Waals surface area contributed by atoms with Crippen LogP contribution < -0.4 is 10.5 Å². The predicted octanol–water partition coefficient (Wildman–Crippen LogP) is 3.58. The van der Waals surface area contributed by atoms with Gasteiger partial charge in [0, 0.05) is 51.0 Å². The van der Waals surface area contributed by atoms with Gasteiger partial charge in [-0.1, -0.05) is 36.4 Å². The number of fused-ring (bicyclic) bond motifs is 1. The van der Waals surface area contributed by atoms with Crippen LogP contribution in [-0.4, -0.2) is 77.2 Å². The van der Waals surface area contributed by atoms with Gasteiger partial charge in [0.05, 0.1) is 27.8 Å². The molecule has 1 aliphatic heterocycles. The van der Waals surface area contributed by atoms with Crippen LogP contribution in [-0.2, 0) is 22.1 Å². The number of methoxy groups -OCH3 is 1. The van der Waals surface area contributed by atoms with Crippen molar-refractivity contribution in [2.45, 2.75) is 17.4 Å². The zero-order valence-corrected chi connectivity index (χ0v) is 24.5. The molecule has 5 rings (SSSR count). The molecule has 11 heteroatoms. The first kappa shape index (κ1) is 29.0. The number of amidine groups is 1. The van der Waals surface area contributed by atoms with E-state index in [1.54, 1.807) is 48.8 Å². The second-order valence-corrected chi connectivity index (χ2v) is 12.2. The molecule has 0 radical (unpaired) electrons. The monoisotopic (exact) mass is 590 g/mol. The average molecular weight is 591 g/mol. The molecule has 1 amide bonds. The molecule has 1 fully saturated rings. The second kappa shape index (κ2) is 13.5. The van der Waals surface area contributed by atoms with E-state index in [-0.39, 0.29) is 17.8 Å². The molecular weight excluding hydrogens is 557 g/mol. The number of nitrogen functional groups attached to an aromatic ring is 1. The number of benzene rings is 3. The van der Waals surface area contributed by atoms with E-state index in [0.717, 1.165) is 40.4 Å². The minimum absolute atomic E-state index is 0.00204. The number of hydrogen-bond acceptors (Lipinski definition) is 7. The van der Waals surface area contributed by atoms with E-state index in [1.165, 1.54) is 0 Å². The van der Waals surface area contributed by atoms with Gasteiger partial charge in [0.25, 0.3) is 5.91 Å². The van der Waals surface area contributed by atoms with Crippen LogP contribution in [0.4, 0.5) is 0 Å². The minimum Gasteiger partial charge on any atom is -0.384 e. The maximum atomic E-state index is 13.7. The van der Waals surface area contributed by atoms with Gasteiger partial charge in [0.15, 0.2) is 0 Å². The fourth-order valence-electron chi connectivity index (χ4n) is 4.84. The Bertz CT molecular complexity index is 1520. The molecule has 3 aromatic carbocycles. The molecule has 1 aliphatic rings. The first-order chi connectivity index (χ1) is 19.9. The Kier molecular flexibility index (Phi) is 9.53. The number of carbonyl (C=O) groups excluding carboxylic acids is 1. The number of nitrogens with two attached hydrogens (primary N) is 1. The van der Waals surface area contributed by atoms with Crippen LogP contribution in [0.25, 0.3) is 10.2 Å². The zero-order valence-electron chi connectivity index (χ0n) is 22.9. The smallest absolute Gasteiger partial charge is 0.253 e. The third kappa shape index (κ3) is 7.24. The highest BCUT2D eigenvalue weighted by atomic mass is 32.2. The molecule has 4 N–H and O–H groups in total. The number of carbonyl (C=O) groups is 1. The number of para-hydroxylation sites is 1. The van der Waals surface area contributed by atoms with Gasteiger partial charge < -0.3 is 15.4 Å². The Balaban J connectivity index is 1.34. The molecule has 9 nitrogen and oxygen atoms in total. The van der Waals surface area contributed by atoms with Crippen LogP contribution in [0.2, 0.25) is 0 Å². The summed E-state index contributed by atoms with van der Waals surface area (Å²) in [7, 11) is 0.0854. The third-order valence-corrected chi connectivity index (χ3v) is 9.43. The minimum atomic E-state index is -1.61. The molecule has 1 aromatic heterocycles. The Labute approximate surface area is 246 Å². The topological polar surface area (TPSA) is 125 Å². The highest BCUT2D eigenvalue weighted by Crippen LogP contribution is 2.29. The number of piperazine rings is 1. The van der Waals surface area contributed by atoms with Gasteiger partial charge >= 0.3 is 0 Å². The number of thiazole rings is 1. The van der Waals surface area contributed by atoms with Crippen molar-refractivity contribution in [1.29, 1.82) is 5.41 Å². The molecular formula is C30H34N6O3S2. The van der Waals surface area contributed by atoms with E-state index in [0.29, 0.717) is 42.1 Å². The standard InChI is InChI=1S/C30H34N6O3S2/c1-39-17-16-35-12-14-36(15-13-35)30(37)23-8-5-9-24(20-23)41(38)34-26(19-21-6-4-7-22(18-21)28(31)32)29-33-25-10-2-3-11-27(25)40-29/h2-11,18,20,26,34H,12-17,19H2,1H3,(H3,31,32). The van der Waals surface area contributed by atoms with Crippen molar-refractivity contribution in [3.8, 4) is 0 Å². The fourth-order valence-corrected chi connectivity index (χ4v) is 6.96. The quantitative estimate of drug-likeness (QED) is 0.181. The Morgan fingerprint density at radius 1 is 1.07 bits per heavy atom. The molecule has 0 aliphatic carbocycles. The largest absolute Gasteiger partial charge is 0.384 e.